The van der Waals surface area contributed by atoms with Crippen molar-refractivity contribution in [2.24, 2.45) is 15.5 Å². The van der Waals surface area contributed by atoms with Crippen molar-refractivity contribution >= 4 is 12.1 Å². The van der Waals surface area contributed by atoms with Crippen LogP contribution in [0.2, 0.25) is 0 Å². The first kappa shape index (κ1) is 12.3. The van der Waals surface area contributed by atoms with Crippen molar-refractivity contribution in [2.45, 2.75) is 59.5 Å². The SMILES string of the molecule is CCC1=CC=NN2C(CC)=NC(C(C)(C)C)C12. The zero-order valence-electron chi connectivity index (χ0n) is 11.6. The van der Waals surface area contributed by atoms with Gasteiger partial charge in [-0.05, 0) is 23.5 Å². The van der Waals surface area contributed by atoms with E-state index in [1.54, 1.807) is 0 Å². The summed E-state index contributed by atoms with van der Waals surface area (Å²) in [7, 11) is 0. The van der Waals surface area contributed by atoms with Crippen LogP contribution in [0.25, 0.3) is 0 Å². The van der Waals surface area contributed by atoms with Gasteiger partial charge >= 0.3 is 0 Å². The summed E-state index contributed by atoms with van der Waals surface area (Å²) in [4.78, 5) is 4.91. The molecule has 2 aliphatic rings. The Morgan fingerprint density at radius 3 is 2.47 bits per heavy atom. The van der Waals surface area contributed by atoms with Gasteiger partial charge in [0.15, 0.2) is 0 Å². The second-order valence-electron chi connectivity index (χ2n) is 5.86. The van der Waals surface area contributed by atoms with Gasteiger partial charge in [0.05, 0.1) is 12.1 Å². The molecule has 0 spiro atoms. The van der Waals surface area contributed by atoms with Crippen LogP contribution in [0.3, 0.4) is 0 Å². The van der Waals surface area contributed by atoms with Crippen LogP contribution in [0.15, 0.2) is 21.7 Å². The summed E-state index contributed by atoms with van der Waals surface area (Å²) >= 11 is 0. The van der Waals surface area contributed by atoms with Gasteiger partial charge < -0.3 is 0 Å². The smallest absolute Gasteiger partial charge is 0.120 e. The summed E-state index contributed by atoms with van der Waals surface area (Å²) in [6.07, 6.45) is 6.10. The molecule has 0 aromatic carbocycles. The Kier molecular flexibility index (Phi) is 3.11. The average molecular weight is 233 g/mol. The van der Waals surface area contributed by atoms with Crippen molar-refractivity contribution in [3.63, 3.8) is 0 Å². The molecule has 0 radical (unpaired) electrons. The predicted molar refractivity (Wildman–Crippen MR) is 73.5 cm³/mol. The minimum Gasteiger partial charge on any atom is -0.264 e. The van der Waals surface area contributed by atoms with E-state index in [2.05, 4.69) is 50.8 Å². The highest BCUT2D eigenvalue weighted by Gasteiger charge is 2.43. The van der Waals surface area contributed by atoms with Gasteiger partial charge in [0.25, 0.3) is 0 Å². The van der Waals surface area contributed by atoms with Crippen LogP contribution in [0.4, 0.5) is 0 Å². The number of rotatable bonds is 2. The second kappa shape index (κ2) is 4.28. The van der Waals surface area contributed by atoms with Crippen molar-refractivity contribution in [3.05, 3.63) is 11.6 Å². The lowest BCUT2D eigenvalue weighted by molar-refractivity contribution is 0.235. The van der Waals surface area contributed by atoms with Crippen molar-refractivity contribution in [3.8, 4) is 0 Å². The molecular weight excluding hydrogens is 210 g/mol. The third-order valence-corrected chi connectivity index (χ3v) is 3.59. The van der Waals surface area contributed by atoms with Crippen LogP contribution in [0, 0.1) is 5.41 Å². The maximum atomic E-state index is 4.91. The van der Waals surface area contributed by atoms with E-state index in [-0.39, 0.29) is 5.41 Å². The Balaban J connectivity index is 2.38. The molecule has 2 heterocycles. The van der Waals surface area contributed by atoms with Gasteiger partial charge in [0.1, 0.15) is 5.84 Å². The normalized spacial score (nSPS) is 27.9. The topological polar surface area (TPSA) is 28.0 Å². The fraction of sp³-hybridized carbons (Fsp3) is 0.714. The summed E-state index contributed by atoms with van der Waals surface area (Å²) in [5, 5.41) is 6.64. The van der Waals surface area contributed by atoms with Crippen LogP contribution in [-0.2, 0) is 0 Å². The second-order valence-corrected chi connectivity index (χ2v) is 5.86. The van der Waals surface area contributed by atoms with Gasteiger partial charge in [-0.3, -0.25) is 4.99 Å². The van der Waals surface area contributed by atoms with Crippen molar-refractivity contribution in [1.82, 2.24) is 5.01 Å². The fourth-order valence-electron chi connectivity index (χ4n) is 2.63. The summed E-state index contributed by atoms with van der Waals surface area (Å²) in [6, 6.07) is 0.668. The van der Waals surface area contributed by atoms with Crippen LogP contribution >= 0.6 is 0 Å². The highest BCUT2D eigenvalue weighted by Crippen LogP contribution is 2.38. The molecule has 0 saturated heterocycles. The molecule has 0 saturated carbocycles. The van der Waals surface area contributed by atoms with Gasteiger partial charge in [-0.2, -0.15) is 5.10 Å². The zero-order valence-corrected chi connectivity index (χ0v) is 11.6. The molecule has 0 aromatic heterocycles. The largest absolute Gasteiger partial charge is 0.264 e. The fourth-order valence-corrected chi connectivity index (χ4v) is 2.63. The lowest BCUT2D eigenvalue weighted by Gasteiger charge is -2.35. The summed E-state index contributed by atoms with van der Waals surface area (Å²) in [6.45, 7) is 11.2. The Morgan fingerprint density at radius 1 is 1.24 bits per heavy atom. The first-order valence-electron chi connectivity index (χ1n) is 6.58. The molecule has 0 N–H and O–H groups in total. The number of hydrogen-bond acceptors (Lipinski definition) is 3. The summed E-state index contributed by atoms with van der Waals surface area (Å²) in [5.41, 5.74) is 1.63. The highest BCUT2D eigenvalue weighted by atomic mass is 15.5. The van der Waals surface area contributed by atoms with Gasteiger partial charge in [0.2, 0.25) is 0 Å². The molecule has 0 bridgehead atoms. The highest BCUT2D eigenvalue weighted by molar-refractivity contribution is 5.88. The van der Waals surface area contributed by atoms with E-state index >= 15 is 0 Å². The molecule has 0 aromatic rings. The van der Waals surface area contributed by atoms with E-state index in [1.165, 1.54) is 5.57 Å². The number of amidine groups is 1. The maximum Gasteiger partial charge on any atom is 0.120 e. The first-order chi connectivity index (χ1) is 7.99. The number of nitrogens with zero attached hydrogens (tertiary/aromatic N) is 3. The molecule has 2 atom stereocenters. The van der Waals surface area contributed by atoms with E-state index in [4.69, 9.17) is 4.99 Å². The monoisotopic (exact) mass is 233 g/mol. The van der Waals surface area contributed by atoms with Crippen LogP contribution in [0.5, 0.6) is 0 Å². The first-order valence-corrected chi connectivity index (χ1v) is 6.58. The van der Waals surface area contributed by atoms with Crippen LogP contribution in [0.1, 0.15) is 47.5 Å². The Hall–Kier alpha value is -1.12. The van der Waals surface area contributed by atoms with E-state index in [9.17, 15) is 0 Å². The summed E-state index contributed by atoms with van der Waals surface area (Å²) in [5.74, 6) is 1.13. The molecule has 0 amide bonds. The number of allylic oxidation sites excluding steroid dienone is 1. The molecule has 3 heteroatoms. The molecule has 17 heavy (non-hydrogen) atoms. The third-order valence-electron chi connectivity index (χ3n) is 3.59. The van der Waals surface area contributed by atoms with Gasteiger partial charge in [-0.1, -0.05) is 34.6 Å². The molecule has 94 valence electrons. The molecule has 2 rings (SSSR count). The molecule has 2 unspecified atom stereocenters. The number of aliphatic imine (C=N–C) groups is 1. The number of hydrogen-bond donors (Lipinski definition) is 0. The lowest BCUT2D eigenvalue weighted by Crippen LogP contribution is -2.44. The van der Waals surface area contributed by atoms with E-state index in [1.807, 2.05) is 6.21 Å². The average Bonchev–Trinajstić information content (AvgIpc) is 2.67. The van der Waals surface area contributed by atoms with E-state index in [0.717, 1.165) is 18.7 Å². The Morgan fingerprint density at radius 2 is 1.94 bits per heavy atom. The zero-order chi connectivity index (χ0) is 12.6. The molecule has 3 nitrogen and oxygen atoms in total. The summed E-state index contributed by atoms with van der Waals surface area (Å²) < 4.78 is 0. The Labute approximate surface area is 104 Å². The van der Waals surface area contributed by atoms with Crippen molar-refractivity contribution in [2.75, 3.05) is 0 Å². The molecule has 2 aliphatic heterocycles. The lowest BCUT2D eigenvalue weighted by atomic mass is 9.80. The van der Waals surface area contributed by atoms with Crippen LogP contribution < -0.4 is 0 Å². The maximum absolute atomic E-state index is 4.91. The third kappa shape index (κ3) is 2.03. The van der Waals surface area contributed by atoms with Gasteiger partial charge in [-0.15, -0.1) is 0 Å². The minimum atomic E-state index is 0.182. The van der Waals surface area contributed by atoms with Crippen LogP contribution in [-0.4, -0.2) is 29.1 Å². The van der Waals surface area contributed by atoms with E-state index in [0.29, 0.717) is 12.1 Å². The van der Waals surface area contributed by atoms with Crippen molar-refractivity contribution < 1.29 is 0 Å². The Bertz CT molecular complexity index is 385. The number of hydrazone groups is 1. The van der Waals surface area contributed by atoms with Crippen molar-refractivity contribution in [1.29, 1.82) is 0 Å². The minimum absolute atomic E-state index is 0.182. The molecule has 0 fully saturated rings. The van der Waals surface area contributed by atoms with Gasteiger partial charge in [0, 0.05) is 12.6 Å². The predicted octanol–water partition coefficient (Wildman–Crippen LogP) is 3.23. The van der Waals surface area contributed by atoms with Gasteiger partial charge in [-0.25, -0.2) is 5.01 Å². The number of fused-ring (bicyclic) bond motifs is 1. The molecular formula is C14H23N3. The van der Waals surface area contributed by atoms with E-state index < -0.39 is 0 Å². The standard InChI is InChI=1S/C14H23N3/c1-6-10-8-9-15-17-11(7-2)16-13(12(10)17)14(3,4)5/h8-9,12-13H,6-7H2,1-5H3. The quantitative estimate of drug-likeness (QED) is 0.719. The molecule has 0 aliphatic carbocycles.